The average molecular weight is 232 g/mol. The second kappa shape index (κ2) is 4.99. The van der Waals surface area contributed by atoms with Gasteiger partial charge in [0.25, 0.3) is 5.91 Å². The Kier molecular flexibility index (Phi) is 3.42. The van der Waals surface area contributed by atoms with E-state index in [4.69, 9.17) is 4.74 Å². The summed E-state index contributed by atoms with van der Waals surface area (Å²) in [6.07, 6.45) is 2.33. The van der Waals surface area contributed by atoms with Crippen LogP contribution in [0.5, 0.6) is 5.75 Å². The molecule has 0 spiro atoms. The molecular weight excluding hydrogens is 216 g/mol. The lowest BCUT2D eigenvalue weighted by Gasteiger charge is -2.12. The Morgan fingerprint density at radius 1 is 1.47 bits per heavy atom. The predicted molar refractivity (Wildman–Crippen MR) is 67.4 cm³/mol. The molecule has 1 aromatic carbocycles. The number of carbonyl (C=O) groups excluding carboxylic acids is 1. The third-order valence-corrected chi connectivity index (χ3v) is 2.67. The highest BCUT2D eigenvalue weighted by Gasteiger charge is 2.24. The predicted octanol–water partition coefficient (Wildman–Crippen LogP) is 2.59. The third kappa shape index (κ3) is 2.46. The molecule has 0 bridgehead atoms. The summed E-state index contributed by atoms with van der Waals surface area (Å²) in [5.41, 5.74) is 1.72. The van der Waals surface area contributed by atoms with Crippen LogP contribution in [0.25, 0.3) is 0 Å². The Labute approximate surface area is 101 Å². The number of rotatable bonds is 4. The summed E-state index contributed by atoms with van der Waals surface area (Å²) in [6.45, 7) is 2.08. The molecule has 0 N–H and O–H groups in total. The fourth-order valence-electron chi connectivity index (χ4n) is 1.85. The van der Waals surface area contributed by atoms with Crippen LogP contribution < -0.4 is 9.75 Å². The van der Waals surface area contributed by atoms with Crippen molar-refractivity contribution in [1.29, 1.82) is 0 Å². The first kappa shape index (κ1) is 11.6. The number of hydrazone groups is 1. The molecule has 1 aromatic rings. The molecule has 0 saturated heterocycles. The van der Waals surface area contributed by atoms with Gasteiger partial charge in [0.1, 0.15) is 5.75 Å². The van der Waals surface area contributed by atoms with E-state index in [9.17, 15) is 4.79 Å². The van der Waals surface area contributed by atoms with Crippen LogP contribution in [-0.4, -0.2) is 18.7 Å². The highest BCUT2D eigenvalue weighted by molar-refractivity contribution is 6.12. The lowest BCUT2D eigenvalue weighted by atomic mass is 10.2. The van der Waals surface area contributed by atoms with Crippen LogP contribution >= 0.6 is 0 Å². The first-order valence-electron chi connectivity index (χ1n) is 5.78. The second-order valence-electron chi connectivity index (χ2n) is 4.00. The zero-order valence-electron chi connectivity index (χ0n) is 10.1. The first-order valence-corrected chi connectivity index (χ1v) is 5.78. The second-order valence-corrected chi connectivity index (χ2v) is 4.00. The Morgan fingerprint density at radius 3 is 3.00 bits per heavy atom. The van der Waals surface area contributed by atoms with Crippen LogP contribution in [0.1, 0.15) is 26.2 Å². The molecule has 0 fully saturated rings. The van der Waals surface area contributed by atoms with Crippen molar-refractivity contribution in [2.24, 2.45) is 5.10 Å². The van der Waals surface area contributed by atoms with Crippen LogP contribution in [0.2, 0.25) is 0 Å². The van der Waals surface area contributed by atoms with Crippen molar-refractivity contribution < 1.29 is 9.53 Å². The van der Waals surface area contributed by atoms with E-state index in [1.807, 2.05) is 24.3 Å². The van der Waals surface area contributed by atoms with Crippen molar-refractivity contribution in [2.75, 3.05) is 12.1 Å². The molecule has 0 aromatic heterocycles. The Morgan fingerprint density at radius 2 is 2.29 bits per heavy atom. The van der Waals surface area contributed by atoms with Crippen molar-refractivity contribution in [3.05, 3.63) is 24.3 Å². The SMILES string of the molecule is CCCC1=NN(c2cccc(OC)c2)C(=O)C1. The molecule has 4 nitrogen and oxygen atoms in total. The lowest BCUT2D eigenvalue weighted by Crippen LogP contribution is -2.19. The van der Waals surface area contributed by atoms with Crippen molar-refractivity contribution in [3.63, 3.8) is 0 Å². The van der Waals surface area contributed by atoms with Gasteiger partial charge in [-0.3, -0.25) is 4.79 Å². The number of carbonyl (C=O) groups is 1. The van der Waals surface area contributed by atoms with E-state index < -0.39 is 0 Å². The van der Waals surface area contributed by atoms with Crippen molar-refractivity contribution >= 4 is 17.3 Å². The van der Waals surface area contributed by atoms with E-state index in [1.54, 1.807) is 7.11 Å². The fourth-order valence-corrected chi connectivity index (χ4v) is 1.85. The number of amides is 1. The number of hydrogen-bond donors (Lipinski definition) is 0. The van der Waals surface area contributed by atoms with Gasteiger partial charge in [-0.25, -0.2) is 5.01 Å². The van der Waals surface area contributed by atoms with E-state index in [2.05, 4.69) is 12.0 Å². The standard InChI is InChI=1S/C13H16N2O2/c1-3-5-10-8-13(16)15(14-10)11-6-4-7-12(9-11)17-2/h4,6-7,9H,3,5,8H2,1-2H3. The number of nitrogens with zero attached hydrogens (tertiary/aromatic N) is 2. The van der Waals surface area contributed by atoms with Crippen molar-refractivity contribution in [1.82, 2.24) is 0 Å². The Hall–Kier alpha value is -1.84. The minimum atomic E-state index is 0.0294. The molecule has 0 unspecified atom stereocenters. The van der Waals surface area contributed by atoms with Gasteiger partial charge in [-0.05, 0) is 18.6 Å². The summed E-state index contributed by atoms with van der Waals surface area (Å²) in [5.74, 6) is 0.760. The summed E-state index contributed by atoms with van der Waals surface area (Å²) < 4.78 is 5.14. The summed E-state index contributed by atoms with van der Waals surface area (Å²) in [5, 5.41) is 5.82. The van der Waals surface area contributed by atoms with Gasteiger partial charge in [-0.2, -0.15) is 5.10 Å². The normalized spacial score (nSPS) is 15.1. The molecule has 0 saturated carbocycles. The smallest absolute Gasteiger partial charge is 0.253 e. The van der Waals surface area contributed by atoms with E-state index in [0.29, 0.717) is 6.42 Å². The molecule has 2 rings (SSSR count). The molecule has 1 aliphatic heterocycles. The van der Waals surface area contributed by atoms with Gasteiger partial charge in [0.15, 0.2) is 0 Å². The summed E-state index contributed by atoms with van der Waals surface area (Å²) >= 11 is 0. The van der Waals surface area contributed by atoms with Crippen LogP contribution in [-0.2, 0) is 4.79 Å². The number of ether oxygens (including phenoxy) is 1. The van der Waals surface area contributed by atoms with Gasteiger partial charge < -0.3 is 4.74 Å². The summed E-state index contributed by atoms with van der Waals surface area (Å²) in [7, 11) is 1.61. The molecule has 0 radical (unpaired) electrons. The van der Waals surface area contributed by atoms with Gasteiger partial charge in [-0.1, -0.05) is 19.4 Å². The zero-order valence-corrected chi connectivity index (χ0v) is 10.1. The minimum Gasteiger partial charge on any atom is -0.497 e. The highest BCUT2D eigenvalue weighted by Crippen LogP contribution is 2.25. The maximum Gasteiger partial charge on any atom is 0.253 e. The highest BCUT2D eigenvalue weighted by atomic mass is 16.5. The van der Waals surface area contributed by atoms with Crippen molar-refractivity contribution in [3.8, 4) is 5.75 Å². The van der Waals surface area contributed by atoms with E-state index in [1.165, 1.54) is 5.01 Å². The lowest BCUT2D eigenvalue weighted by molar-refractivity contribution is -0.116. The van der Waals surface area contributed by atoms with Gasteiger partial charge >= 0.3 is 0 Å². The van der Waals surface area contributed by atoms with Gasteiger partial charge in [0.2, 0.25) is 0 Å². The average Bonchev–Trinajstić information content (AvgIpc) is 2.71. The molecule has 1 aliphatic rings. The summed E-state index contributed by atoms with van der Waals surface area (Å²) in [4.78, 5) is 11.8. The first-order chi connectivity index (χ1) is 8.24. The molecule has 0 atom stereocenters. The number of methoxy groups -OCH3 is 1. The molecular formula is C13H16N2O2. The molecule has 4 heteroatoms. The fraction of sp³-hybridized carbons (Fsp3) is 0.385. The number of hydrogen-bond acceptors (Lipinski definition) is 3. The molecule has 1 amide bonds. The maximum atomic E-state index is 11.8. The van der Waals surface area contributed by atoms with Crippen molar-refractivity contribution in [2.45, 2.75) is 26.2 Å². The van der Waals surface area contributed by atoms with E-state index in [-0.39, 0.29) is 5.91 Å². The van der Waals surface area contributed by atoms with Crippen LogP contribution in [0.3, 0.4) is 0 Å². The molecule has 90 valence electrons. The largest absolute Gasteiger partial charge is 0.497 e. The van der Waals surface area contributed by atoms with Crippen LogP contribution in [0.4, 0.5) is 5.69 Å². The van der Waals surface area contributed by atoms with Crippen LogP contribution in [0.15, 0.2) is 29.4 Å². The Bertz CT molecular complexity index is 454. The molecule has 0 aliphatic carbocycles. The summed E-state index contributed by atoms with van der Waals surface area (Å²) in [6, 6.07) is 7.38. The number of benzene rings is 1. The van der Waals surface area contributed by atoms with Gasteiger partial charge in [0.05, 0.1) is 19.2 Å². The Balaban J connectivity index is 2.24. The minimum absolute atomic E-state index is 0.0294. The van der Waals surface area contributed by atoms with Crippen LogP contribution in [0, 0.1) is 0 Å². The monoisotopic (exact) mass is 232 g/mol. The van der Waals surface area contributed by atoms with E-state index in [0.717, 1.165) is 30.0 Å². The molecule has 17 heavy (non-hydrogen) atoms. The number of anilines is 1. The zero-order chi connectivity index (χ0) is 12.3. The topological polar surface area (TPSA) is 41.9 Å². The van der Waals surface area contributed by atoms with E-state index >= 15 is 0 Å². The third-order valence-electron chi connectivity index (χ3n) is 2.67. The molecule has 1 heterocycles. The quantitative estimate of drug-likeness (QED) is 0.800. The van der Waals surface area contributed by atoms with Gasteiger partial charge in [-0.15, -0.1) is 0 Å². The maximum absolute atomic E-state index is 11.8. The van der Waals surface area contributed by atoms with Gasteiger partial charge in [0, 0.05) is 11.8 Å².